The molecule has 0 aromatic rings. The second-order valence-corrected chi connectivity index (χ2v) is 6.64. The molecule has 0 bridgehead atoms. The normalized spacial score (nSPS) is 23.8. The van der Waals surface area contributed by atoms with E-state index in [1.807, 2.05) is 13.8 Å². The van der Waals surface area contributed by atoms with E-state index in [9.17, 15) is 13.2 Å². The summed E-state index contributed by atoms with van der Waals surface area (Å²) in [7, 11) is -3.45. The molecule has 5 nitrogen and oxygen atoms in total. The molecule has 1 rings (SSSR count). The summed E-state index contributed by atoms with van der Waals surface area (Å²) < 4.78 is 25.9. The van der Waals surface area contributed by atoms with Crippen LogP contribution in [0.3, 0.4) is 0 Å². The lowest BCUT2D eigenvalue weighted by Crippen LogP contribution is -2.44. The van der Waals surface area contributed by atoms with Gasteiger partial charge < -0.3 is 5.11 Å². The van der Waals surface area contributed by atoms with Crippen LogP contribution in [0.5, 0.6) is 0 Å². The number of nitrogens with zero attached hydrogens (tertiary/aromatic N) is 1. The number of carboxylic acids is 1. The Hall–Kier alpha value is -0.620. The molecule has 1 heterocycles. The fourth-order valence-corrected chi connectivity index (χ4v) is 4.64. The van der Waals surface area contributed by atoms with Crippen LogP contribution in [0.2, 0.25) is 0 Å². The Bertz CT molecular complexity index is 366. The molecule has 0 spiro atoms. The maximum absolute atomic E-state index is 12.3. The lowest BCUT2D eigenvalue weighted by molar-refractivity contribution is -0.140. The van der Waals surface area contributed by atoms with Crippen molar-refractivity contribution in [3.8, 4) is 0 Å². The van der Waals surface area contributed by atoms with Crippen molar-refractivity contribution >= 4 is 16.0 Å². The summed E-state index contributed by atoms with van der Waals surface area (Å²) in [6.07, 6.45) is 3.00. The Morgan fingerprint density at radius 1 is 1.47 bits per heavy atom. The van der Waals surface area contributed by atoms with E-state index in [4.69, 9.17) is 5.11 Å². The smallest absolute Gasteiger partial charge is 0.322 e. The summed E-state index contributed by atoms with van der Waals surface area (Å²) in [6.45, 7) is 4.13. The van der Waals surface area contributed by atoms with E-state index in [1.54, 1.807) is 0 Å². The molecule has 0 aromatic heterocycles. The van der Waals surface area contributed by atoms with Gasteiger partial charge in [0.1, 0.15) is 6.04 Å². The first kappa shape index (κ1) is 14.4. The second-order valence-electron chi connectivity index (χ2n) is 4.47. The fourth-order valence-electron chi connectivity index (χ4n) is 2.37. The lowest BCUT2D eigenvalue weighted by atomic mass is 10.2. The average molecular weight is 263 g/mol. The van der Waals surface area contributed by atoms with Gasteiger partial charge in [0, 0.05) is 6.54 Å². The van der Waals surface area contributed by atoms with E-state index in [1.165, 1.54) is 4.31 Å². The third-order valence-electron chi connectivity index (χ3n) is 3.30. The summed E-state index contributed by atoms with van der Waals surface area (Å²) in [5.74, 6) is -1.03. The maximum atomic E-state index is 12.3. The van der Waals surface area contributed by atoms with E-state index in [0.29, 0.717) is 32.2 Å². The highest BCUT2D eigenvalue weighted by atomic mass is 32.2. The van der Waals surface area contributed by atoms with Gasteiger partial charge in [0.25, 0.3) is 0 Å². The first-order valence-corrected chi connectivity index (χ1v) is 7.68. The summed E-state index contributed by atoms with van der Waals surface area (Å²) >= 11 is 0. The largest absolute Gasteiger partial charge is 0.480 e. The molecule has 0 radical (unpaired) electrons. The summed E-state index contributed by atoms with van der Waals surface area (Å²) in [6, 6.07) is -0.856. The SMILES string of the molecule is CCCC(CC)S(=O)(=O)N1CCCC1C(=O)O. The monoisotopic (exact) mass is 263 g/mol. The van der Waals surface area contributed by atoms with Crippen LogP contribution in [0.25, 0.3) is 0 Å². The van der Waals surface area contributed by atoms with Gasteiger partial charge in [-0.3, -0.25) is 4.79 Å². The maximum Gasteiger partial charge on any atom is 0.322 e. The molecule has 6 heteroatoms. The van der Waals surface area contributed by atoms with Crippen molar-refractivity contribution in [2.75, 3.05) is 6.54 Å². The van der Waals surface area contributed by atoms with Crippen LogP contribution in [0.4, 0.5) is 0 Å². The van der Waals surface area contributed by atoms with E-state index < -0.39 is 27.3 Å². The molecule has 0 aromatic carbocycles. The zero-order chi connectivity index (χ0) is 13.1. The number of carbonyl (C=O) groups is 1. The predicted octanol–water partition coefficient (Wildman–Crippen LogP) is 1.44. The standard InChI is InChI=1S/C11H21NO4S/c1-3-6-9(4-2)17(15,16)12-8-5-7-10(12)11(13)14/h9-10H,3-8H2,1-2H3,(H,13,14). The van der Waals surface area contributed by atoms with Crippen LogP contribution in [0.15, 0.2) is 0 Å². The molecule has 1 aliphatic rings. The Morgan fingerprint density at radius 3 is 2.59 bits per heavy atom. The first-order chi connectivity index (χ1) is 7.95. The zero-order valence-electron chi connectivity index (χ0n) is 10.4. The molecule has 0 amide bonds. The zero-order valence-corrected chi connectivity index (χ0v) is 11.2. The molecule has 1 aliphatic heterocycles. The van der Waals surface area contributed by atoms with Crippen molar-refractivity contribution in [1.82, 2.24) is 4.31 Å². The van der Waals surface area contributed by atoms with E-state index in [0.717, 1.165) is 6.42 Å². The van der Waals surface area contributed by atoms with E-state index in [-0.39, 0.29) is 0 Å². The Morgan fingerprint density at radius 2 is 2.12 bits per heavy atom. The number of hydrogen-bond donors (Lipinski definition) is 1. The highest BCUT2D eigenvalue weighted by Gasteiger charge is 2.41. The number of aliphatic carboxylic acids is 1. The third kappa shape index (κ3) is 2.98. The van der Waals surface area contributed by atoms with Crippen LogP contribution in [-0.4, -0.2) is 41.6 Å². The number of rotatable bonds is 6. The minimum Gasteiger partial charge on any atom is -0.480 e. The Labute approximate surface area is 103 Å². The first-order valence-electron chi connectivity index (χ1n) is 6.18. The number of hydrogen-bond acceptors (Lipinski definition) is 3. The van der Waals surface area contributed by atoms with Crippen molar-refractivity contribution in [3.63, 3.8) is 0 Å². The van der Waals surface area contributed by atoms with Gasteiger partial charge in [-0.15, -0.1) is 0 Å². The molecule has 1 fully saturated rings. The van der Waals surface area contributed by atoms with Crippen molar-refractivity contribution in [1.29, 1.82) is 0 Å². The molecular weight excluding hydrogens is 242 g/mol. The van der Waals surface area contributed by atoms with E-state index in [2.05, 4.69) is 0 Å². The minimum atomic E-state index is -3.45. The Balaban J connectivity index is 2.92. The van der Waals surface area contributed by atoms with Crippen molar-refractivity contribution < 1.29 is 18.3 Å². The van der Waals surface area contributed by atoms with Gasteiger partial charge in [0.2, 0.25) is 10.0 Å². The van der Waals surface area contributed by atoms with Crippen LogP contribution in [0.1, 0.15) is 46.0 Å². The fraction of sp³-hybridized carbons (Fsp3) is 0.909. The summed E-state index contributed by atoms with van der Waals surface area (Å²) in [5.41, 5.74) is 0. The predicted molar refractivity (Wildman–Crippen MR) is 65.3 cm³/mol. The van der Waals surface area contributed by atoms with Crippen molar-refractivity contribution in [2.45, 2.75) is 57.2 Å². The molecule has 1 saturated heterocycles. The van der Waals surface area contributed by atoms with Gasteiger partial charge in [-0.05, 0) is 25.7 Å². The van der Waals surface area contributed by atoms with Gasteiger partial charge >= 0.3 is 5.97 Å². The summed E-state index contributed by atoms with van der Waals surface area (Å²) in [5, 5.41) is 8.59. The van der Waals surface area contributed by atoms with Gasteiger partial charge in [-0.2, -0.15) is 4.31 Å². The molecular formula is C11H21NO4S. The lowest BCUT2D eigenvalue weighted by Gasteiger charge is -2.26. The highest BCUT2D eigenvalue weighted by Crippen LogP contribution is 2.26. The second kappa shape index (κ2) is 5.82. The number of sulfonamides is 1. The molecule has 17 heavy (non-hydrogen) atoms. The topological polar surface area (TPSA) is 74.7 Å². The third-order valence-corrected chi connectivity index (χ3v) is 5.81. The molecule has 2 unspecified atom stereocenters. The van der Waals surface area contributed by atoms with Gasteiger partial charge in [-0.1, -0.05) is 20.3 Å². The molecule has 1 N–H and O–H groups in total. The van der Waals surface area contributed by atoms with Gasteiger partial charge in [0.15, 0.2) is 0 Å². The molecule has 2 atom stereocenters. The molecule has 0 saturated carbocycles. The highest BCUT2D eigenvalue weighted by molar-refractivity contribution is 7.89. The number of carboxylic acid groups (broad SMARTS) is 1. The van der Waals surface area contributed by atoms with Crippen LogP contribution < -0.4 is 0 Å². The van der Waals surface area contributed by atoms with Crippen LogP contribution >= 0.6 is 0 Å². The minimum absolute atomic E-state index is 0.347. The Kier molecular flexibility index (Phi) is 4.94. The van der Waals surface area contributed by atoms with Gasteiger partial charge in [-0.25, -0.2) is 8.42 Å². The van der Waals surface area contributed by atoms with E-state index >= 15 is 0 Å². The van der Waals surface area contributed by atoms with Gasteiger partial charge in [0.05, 0.1) is 5.25 Å². The van der Waals surface area contributed by atoms with Crippen LogP contribution in [-0.2, 0) is 14.8 Å². The quantitative estimate of drug-likeness (QED) is 0.787. The van der Waals surface area contributed by atoms with Crippen molar-refractivity contribution in [2.24, 2.45) is 0 Å². The van der Waals surface area contributed by atoms with Crippen molar-refractivity contribution in [3.05, 3.63) is 0 Å². The summed E-state index contributed by atoms with van der Waals surface area (Å²) in [4.78, 5) is 11.0. The molecule has 100 valence electrons. The van der Waals surface area contributed by atoms with Crippen LogP contribution in [0, 0.1) is 0 Å². The molecule has 0 aliphatic carbocycles. The average Bonchev–Trinajstić information content (AvgIpc) is 2.74.